The minimum absolute atomic E-state index is 0.00637. The maximum absolute atomic E-state index is 12.8. The van der Waals surface area contributed by atoms with Crippen LogP contribution < -0.4 is 4.72 Å². The lowest BCUT2D eigenvalue weighted by atomic mass is 10.0. The average Bonchev–Trinajstić information content (AvgIpc) is 3.10. The van der Waals surface area contributed by atoms with Crippen molar-refractivity contribution in [2.75, 3.05) is 13.1 Å². The number of benzene rings is 2. The molecule has 0 saturated carbocycles. The van der Waals surface area contributed by atoms with Crippen LogP contribution in [0.25, 0.3) is 0 Å². The van der Waals surface area contributed by atoms with Gasteiger partial charge in [-0.3, -0.25) is 4.79 Å². The van der Waals surface area contributed by atoms with E-state index in [0.717, 1.165) is 41.6 Å². The van der Waals surface area contributed by atoms with E-state index in [4.69, 9.17) is 0 Å². The number of amides is 1. The summed E-state index contributed by atoms with van der Waals surface area (Å²) in [6, 6.07) is 12.1. The maximum Gasteiger partial charge on any atom is 0.241 e. The lowest BCUT2D eigenvalue weighted by molar-refractivity contribution is -0.131. The molecule has 1 atom stereocenters. The zero-order valence-electron chi connectivity index (χ0n) is 17.7. The molecule has 2 aromatic carbocycles. The van der Waals surface area contributed by atoms with Crippen LogP contribution in [0.1, 0.15) is 53.1 Å². The largest absolute Gasteiger partial charge is 0.336 e. The second kappa shape index (κ2) is 8.67. The number of aryl methyl sites for hydroxylation is 4. The summed E-state index contributed by atoms with van der Waals surface area (Å²) in [4.78, 5) is 15.0. The van der Waals surface area contributed by atoms with E-state index in [-0.39, 0.29) is 24.9 Å². The zero-order valence-corrected chi connectivity index (χ0v) is 18.5. The Morgan fingerprint density at radius 3 is 2.28 bits per heavy atom. The Morgan fingerprint density at radius 2 is 1.66 bits per heavy atom. The van der Waals surface area contributed by atoms with Gasteiger partial charge in [0.2, 0.25) is 15.9 Å². The van der Waals surface area contributed by atoms with Crippen LogP contribution in [-0.2, 0) is 14.8 Å². The van der Waals surface area contributed by atoms with Gasteiger partial charge >= 0.3 is 0 Å². The molecular formula is C23H30N2O3S. The van der Waals surface area contributed by atoms with Gasteiger partial charge in [-0.25, -0.2) is 13.1 Å². The van der Waals surface area contributed by atoms with Gasteiger partial charge in [-0.05, 0) is 57.2 Å². The molecule has 0 radical (unpaired) electrons. The van der Waals surface area contributed by atoms with E-state index in [9.17, 15) is 13.2 Å². The molecule has 1 N–H and O–H groups in total. The van der Waals surface area contributed by atoms with Crippen molar-refractivity contribution < 1.29 is 13.2 Å². The van der Waals surface area contributed by atoms with Gasteiger partial charge in [0.05, 0.1) is 10.9 Å². The molecule has 1 saturated heterocycles. The number of carbonyl (C=O) groups excluding carboxylic acids is 1. The first kappa shape index (κ1) is 21.5. The van der Waals surface area contributed by atoms with Gasteiger partial charge in [0.15, 0.2) is 0 Å². The highest BCUT2D eigenvalue weighted by Crippen LogP contribution is 2.32. The molecular weight excluding hydrogens is 384 g/mol. The van der Waals surface area contributed by atoms with Crippen molar-refractivity contribution in [1.29, 1.82) is 0 Å². The van der Waals surface area contributed by atoms with Crippen LogP contribution in [0.15, 0.2) is 41.3 Å². The third kappa shape index (κ3) is 4.87. The van der Waals surface area contributed by atoms with E-state index in [0.29, 0.717) is 4.90 Å². The average molecular weight is 415 g/mol. The van der Waals surface area contributed by atoms with E-state index in [2.05, 4.69) is 29.0 Å². The third-order valence-electron chi connectivity index (χ3n) is 5.54. The summed E-state index contributed by atoms with van der Waals surface area (Å²) >= 11 is 0. The molecule has 0 spiro atoms. The quantitative estimate of drug-likeness (QED) is 0.778. The molecule has 156 valence electrons. The summed E-state index contributed by atoms with van der Waals surface area (Å²) in [6.07, 6.45) is 2.07. The number of hydrogen-bond acceptors (Lipinski definition) is 3. The van der Waals surface area contributed by atoms with Crippen molar-refractivity contribution in [2.45, 2.75) is 57.9 Å². The van der Waals surface area contributed by atoms with E-state index in [1.165, 1.54) is 5.56 Å². The molecule has 1 aliphatic heterocycles. The third-order valence-corrected chi connectivity index (χ3v) is 7.31. The van der Waals surface area contributed by atoms with E-state index >= 15 is 0 Å². The molecule has 1 aliphatic rings. The normalized spacial score (nSPS) is 17.0. The zero-order chi connectivity index (χ0) is 21.2. The van der Waals surface area contributed by atoms with Crippen molar-refractivity contribution in [3.05, 3.63) is 64.2 Å². The fourth-order valence-corrected chi connectivity index (χ4v) is 5.78. The Hall–Kier alpha value is -2.18. The SMILES string of the molecule is Cc1ccc(C2CCCN2C(=O)CCNS(=O)(=O)c2c(C)cc(C)cc2C)cc1. The summed E-state index contributed by atoms with van der Waals surface area (Å²) in [5, 5.41) is 0. The molecule has 0 aromatic heterocycles. The van der Waals surface area contributed by atoms with Gasteiger partial charge in [0, 0.05) is 19.5 Å². The molecule has 0 bridgehead atoms. The van der Waals surface area contributed by atoms with Crippen LogP contribution >= 0.6 is 0 Å². The summed E-state index contributed by atoms with van der Waals surface area (Å²) in [6.45, 7) is 8.42. The summed E-state index contributed by atoms with van der Waals surface area (Å²) in [7, 11) is -3.65. The van der Waals surface area contributed by atoms with Crippen LogP contribution in [0.5, 0.6) is 0 Å². The molecule has 1 fully saturated rings. The molecule has 3 rings (SSSR count). The molecule has 1 amide bonds. The molecule has 2 aromatic rings. The molecule has 0 aliphatic carbocycles. The number of likely N-dealkylation sites (tertiary alicyclic amines) is 1. The predicted molar refractivity (Wildman–Crippen MR) is 115 cm³/mol. The van der Waals surface area contributed by atoms with Crippen molar-refractivity contribution in [2.24, 2.45) is 0 Å². The molecule has 1 unspecified atom stereocenters. The predicted octanol–water partition coefficient (Wildman–Crippen LogP) is 3.95. The van der Waals surface area contributed by atoms with Crippen molar-refractivity contribution >= 4 is 15.9 Å². The molecule has 29 heavy (non-hydrogen) atoms. The summed E-state index contributed by atoms with van der Waals surface area (Å²) in [5.41, 5.74) is 4.82. The van der Waals surface area contributed by atoms with Gasteiger partial charge in [0.25, 0.3) is 0 Å². The number of carbonyl (C=O) groups is 1. The molecule has 5 nitrogen and oxygen atoms in total. The second-order valence-corrected chi connectivity index (χ2v) is 9.74. The first-order chi connectivity index (χ1) is 13.7. The number of nitrogens with zero attached hydrogens (tertiary/aromatic N) is 1. The number of hydrogen-bond donors (Lipinski definition) is 1. The number of rotatable bonds is 6. The maximum atomic E-state index is 12.8. The van der Waals surface area contributed by atoms with Crippen LogP contribution in [0.3, 0.4) is 0 Å². The molecule has 1 heterocycles. The van der Waals surface area contributed by atoms with Crippen LogP contribution in [0.2, 0.25) is 0 Å². The Bertz CT molecular complexity index is 974. The van der Waals surface area contributed by atoms with Gasteiger partial charge in [0.1, 0.15) is 0 Å². The Labute approximate surface area is 174 Å². The highest BCUT2D eigenvalue weighted by Gasteiger charge is 2.30. The topological polar surface area (TPSA) is 66.5 Å². The minimum Gasteiger partial charge on any atom is -0.336 e. The van der Waals surface area contributed by atoms with Gasteiger partial charge < -0.3 is 4.90 Å². The van der Waals surface area contributed by atoms with E-state index in [1.54, 1.807) is 13.8 Å². The molecule has 6 heteroatoms. The fourth-order valence-electron chi connectivity index (χ4n) is 4.30. The Morgan fingerprint density at radius 1 is 1.03 bits per heavy atom. The van der Waals surface area contributed by atoms with Crippen LogP contribution in [-0.4, -0.2) is 32.3 Å². The first-order valence-corrected chi connectivity index (χ1v) is 11.6. The van der Waals surface area contributed by atoms with Gasteiger partial charge in [-0.1, -0.05) is 47.5 Å². The van der Waals surface area contributed by atoms with Crippen LogP contribution in [0, 0.1) is 27.7 Å². The van der Waals surface area contributed by atoms with Crippen molar-refractivity contribution in [3.8, 4) is 0 Å². The van der Waals surface area contributed by atoms with Crippen LogP contribution in [0.4, 0.5) is 0 Å². The van der Waals surface area contributed by atoms with Gasteiger partial charge in [-0.15, -0.1) is 0 Å². The Kier molecular flexibility index (Phi) is 6.44. The summed E-state index contributed by atoms with van der Waals surface area (Å²) in [5.74, 6) is -0.00637. The minimum atomic E-state index is -3.65. The number of sulfonamides is 1. The smallest absolute Gasteiger partial charge is 0.241 e. The lowest BCUT2D eigenvalue weighted by Gasteiger charge is -2.25. The Balaban J connectivity index is 1.64. The van der Waals surface area contributed by atoms with Crippen molar-refractivity contribution in [1.82, 2.24) is 9.62 Å². The number of nitrogens with one attached hydrogen (secondary N) is 1. The first-order valence-electron chi connectivity index (χ1n) is 10.1. The van der Waals surface area contributed by atoms with E-state index < -0.39 is 10.0 Å². The fraction of sp³-hybridized carbons (Fsp3) is 0.435. The lowest BCUT2D eigenvalue weighted by Crippen LogP contribution is -2.34. The highest BCUT2D eigenvalue weighted by atomic mass is 32.2. The highest BCUT2D eigenvalue weighted by molar-refractivity contribution is 7.89. The monoisotopic (exact) mass is 414 g/mol. The van der Waals surface area contributed by atoms with E-state index in [1.807, 2.05) is 30.9 Å². The second-order valence-electron chi connectivity index (χ2n) is 8.03. The van der Waals surface area contributed by atoms with Gasteiger partial charge in [-0.2, -0.15) is 0 Å². The summed E-state index contributed by atoms with van der Waals surface area (Å²) < 4.78 is 28.2. The van der Waals surface area contributed by atoms with Crippen molar-refractivity contribution in [3.63, 3.8) is 0 Å². The standard InChI is InChI=1S/C23H30N2O3S/c1-16-7-9-20(10-8-16)21-6-5-13-25(21)22(26)11-12-24-29(27,28)23-18(3)14-17(2)15-19(23)4/h7-10,14-15,21,24H,5-6,11-13H2,1-4H3.